The van der Waals surface area contributed by atoms with E-state index in [2.05, 4.69) is 31.9 Å². The highest BCUT2D eigenvalue weighted by molar-refractivity contribution is 7.18. The van der Waals surface area contributed by atoms with E-state index >= 15 is 0 Å². The summed E-state index contributed by atoms with van der Waals surface area (Å²) in [6, 6.07) is 6.00. The summed E-state index contributed by atoms with van der Waals surface area (Å²) >= 11 is 7.86. The van der Waals surface area contributed by atoms with Crippen molar-refractivity contribution in [3.8, 4) is 0 Å². The predicted molar refractivity (Wildman–Crippen MR) is 90.4 cm³/mol. The second kappa shape index (κ2) is 6.42. The molecule has 1 aromatic heterocycles. The van der Waals surface area contributed by atoms with Crippen LogP contribution < -0.4 is 0 Å². The van der Waals surface area contributed by atoms with Crippen molar-refractivity contribution >= 4 is 39.9 Å². The van der Waals surface area contributed by atoms with Gasteiger partial charge in [0, 0.05) is 16.5 Å². The van der Waals surface area contributed by atoms with Crippen LogP contribution >= 0.6 is 22.9 Å². The minimum atomic E-state index is 0.262. The molecule has 1 aromatic carbocycles. The van der Waals surface area contributed by atoms with Crippen LogP contribution in [0.2, 0.25) is 5.02 Å². The molecule has 1 unspecified atom stereocenters. The molecule has 0 N–H and O–H groups in total. The fourth-order valence-electron chi connectivity index (χ4n) is 2.82. The average molecular weight is 325 g/mol. The van der Waals surface area contributed by atoms with Gasteiger partial charge < -0.3 is 9.69 Å². The Hall–Kier alpha value is -0.970. The lowest BCUT2D eigenvalue weighted by Gasteiger charge is -2.43. The van der Waals surface area contributed by atoms with E-state index in [9.17, 15) is 0 Å². The first kappa shape index (κ1) is 16.4. The maximum Gasteiger partial charge on any atom is 0.106 e. The molecule has 2 heterocycles. The largest absolute Gasteiger partial charge is 0.307 e. The lowest BCUT2D eigenvalue weighted by atomic mass is 9.83. The third-order valence-corrected chi connectivity index (χ3v) is 5.74. The number of aromatic nitrogens is 1. The van der Waals surface area contributed by atoms with Crippen LogP contribution in [-0.2, 0) is 4.79 Å². The van der Waals surface area contributed by atoms with Crippen molar-refractivity contribution in [1.82, 2.24) is 9.88 Å². The van der Waals surface area contributed by atoms with E-state index in [0.717, 1.165) is 17.1 Å². The average Bonchev–Trinajstić information content (AvgIpc) is 2.87. The third kappa shape index (κ3) is 3.44. The summed E-state index contributed by atoms with van der Waals surface area (Å²) in [6.07, 6.45) is 2.38. The highest BCUT2D eigenvalue weighted by Crippen LogP contribution is 2.39. The number of likely N-dealkylation sites (tertiary alicyclic amines) is 1. The number of nitrogens with zero attached hydrogens (tertiary/aromatic N) is 2. The van der Waals surface area contributed by atoms with Gasteiger partial charge in [0.15, 0.2) is 0 Å². The first-order chi connectivity index (χ1) is 9.95. The number of fused-ring (bicyclic) bond motifs is 1. The first-order valence-corrected chi connectivity index (χ1v) is 8.21. The zero-order valence-corrected chi connectivity index (χ0v) is 14.3. The Morgan fingerprint density at radius 3 is 2.81 bits per heavy atom. The van der Waals surface area contributed by atoms with Crippen LogP contribution in [0.1, 0.15) is 37.6 Å². The lowest BCUT2D eigenvalue weighted by Crippen LogP contribution is -2.46. The van der Waals surface area contributed by atoms with E-state index in [1.807, 2.05) is 30.3 Å². The van der Waals surface area contributed by atoms with E-state index in [1.54, 1.807) is 0 Å². The van der Waals surface area contributed by atoms with Gasteiger partial charge >= 0.3 is 0 Å². The molecule has 0 spiro atoms. The number of thiazole rings is 1. The summed E-state index contributed by atoms with van der Waals surface area (Å²) in [4.78, 5) is 15.3. The zero-order valence-electron chi connectivity index (χ0n) is 12.7. The number of piperidine rings is 1. The molecule has 0 radical (unpaired) electrons. The van der Waals surface area contributed by atoms with Gasteiger partial charge in [-0.25, -0.2) is 4.98 Å². The quantitative estimate of drug-likeness (QED) is 0.781. The molecule has 0 amide bonds. The van der Waals surface area contributed by atoms with Crippen LogP contribution in [0.5, 0.6) is 0 Å². The second-order valence-corrected chi connectivity index (χ2v) is 7.59. The van der Waals surface area contributed by atoms with Crippen LogP contribution in [0.25, 0.3) is 10.2 Å². The maximum atomic E-state index is 8.00. The molecule has 1 aliphatic rings. The number of rotatable bonds is 1. The number of carbonyl (C=O) groups is 1. The summed E-state index contributed by atoms with van der Waals surface area (Å²) in [5.74, 6) is 0.586. The minimum Gasteiger partial charge on any atom is -0.307 e. The standard InChI is InChI=1S/C15H19ClN2S.CH2O/c1-15(2)9-10(6-7-18(15)3)14-17-12-8-11(16)4-5-13(12)19-14;1-2/h4-5,8,10H,6-7,9H2,1-3H3;1H2. The van der Waals surface area contributed by atoms with Crippen molar-refractivity contribution < 1.29 is 4.79 Å². The number of carbonyl (C=O) groups excluding carboxylic acids is 1. The molecule has 1 saturated heterocycles. The Morgan fingerprint density at radius 1 is 1.43 bits per heavy atom. The summed E-state index contributed by atoms with van der Waals surface area (Å²) < 4.78 is 1.25. The van der Waals surface area contributed by atoms with Gasteiger partial charge in [-0.1, -0.05) is 11.6 Å². The maximum absolute atomic E-state index is 8.00. The molecule has 1 fully saturated rings. The van der Waals surface area contributed by atoms with Gasteiger partial charge in [-0.2, -0.15) is 0 Å². The molecule has 1 atom stereocenters. The summed E-state index contributed by atoms with van der Waals surface area (Å²) in [7, 11) is 2.22. The van der Waals surface area contributed by atoms with Crippen LogP contribution in [0.3, 0.4) is 0 Å². The Labute approximate surface area is 134 Å². The molecule has 5 heteroatoms. The fraction of sp³-hybridized carbons (Fsp3) is 0.500. The Bertz CT molecular complexity index is 626. The SMILES string of the molecule is C=O.CN1CCC(c2nc3cc(Cl)ccc3s2)CC1(C)C. The Kier molecular flexibility index (Phi) is 5.02. The number of hydrogen-bond donors (Lipinski definition) is 0. The molecule has 3 rings (SSSR count). The molecule has 0 bridgehead atoms. The normalized spacial score (nSPS) is 21.8. The molecule has 1 aliphatic heterocycles. The van der Waals surface area contributed by atoms with Gasteiger partial charge in [0.05, 0.1) is 15.2 Å². The smallest absolute Gasteiger partial charge is 0.106 e. The highest BCUT2D eigenvalue weighted by Gasteiger charge is 2.34. The van der Waals surface area contributed by atoms with E-state index in [4.69, 9.17) is 21.4 Å². The van der Waals surface area contributed by atoms with Crippen molar-refractivity contribution in [3.05, 3.63) is 28.2 Å². The van der Waals surface area contributed by atoms with Crippen molar-refractivity contribution in [2.75, 3.05) is 13.6 Å². The molecular formula is C16H21ClN2OS. The molecule has 0 saturated carbocycles. The third-order valence-electron chi connectivity index (χ3n) is 4.31. The monoisotopic (exact) mass is 324 g/mol. The molecular weight excluding hydrogens is 304 g/mol. The topological polar surface area (TPSA) is 33.2 Å². The summed E-state index contributed by atoms with van der Waals surface area (Å²) in [5.41, 5.74) is 1.31. The van der Waals surface area contributed by atoms with E-state index in [0.29, 0.717) is 5.92 Å². The van der Waals surface area contributed by atoms with Crippen molar-refractivity contribution in [2.24, 2.45) is 0 Å². The molecule has 2 aromatic rings. The van der Waals surface area contributed by atoms with Crippen molar-refractivity contribution in [3.63, 3.8) is 0 Å². The van der Waals surface area contributed by atoms with Gasteiger partial charge in [-0.05, 0) is 58.5 Å². The minimum absolute atomic E-state index is 0.262. The number of halogens is 1. The van der Waals surface area contributed by atoms with Crippen LogP contribution in [0.15, 0.2) is 18.2 Å². The number of benzene rings is 1. The second-order valence-electron chi connectivity index (χ2n) is 6.09. The van der Waals surface area contributed by atoms with Crippen LogP contribution in [0, 0.1) is 0 Å². The Balaban J connectivity index is 0.000000774. The van der Waals surface area contributed by atoms with E-state index in [-0.39, 0.29) is 5.54 Å². The summed E-state index contributed by atoms with van der Waals surface area (Å²) in [5, 5.41) is 2.05. The predicted octanol–water partition coefficient (Wildman–Crippen LogP) is 4.35. The van der Waals surface area contributed by atoms with Gasteiger partial charge in [-0.15, -0.1) is 11.3 Å². The molecule has 114 valence electrons. The van der Waals surface area contributed by atoms with Crippen molar-refractivity contribution in [1.29, 1.82) is 0 Å². The lowest BCUT2D eigenvalue weighted by molar-refractivity contribution is -0.0979. The van der Waals surface area contributed by atoms with E-state index in [1.165, 1.54) is 22.5 Å². The number of hydrogen-bond acceptors (Lipinski definition) is 4. The van der Waals surface area contributed by atoms with Gasteiger partial charge in [0.1, 0.15) is 6.79 Å². The first-order valence-electron chi connectivity index (χ1n) is 7.02. The van der Waals surface area contributed by atoms with E-state index < -0.39 is 0 Å². The van der Waals surface area contributed by atoms with Crippen molar-refractivity contribution in [2.45, 2.75) is 38.1 Å². The zero-order chi connectivity index (χ0) is 15.6. The highest BCUT2D eigenvalue weighted by atomic mass is 35.5. The van der Waals surface area contributed by atoms with Gasteiger partial charge in [0.25, 0.3) is 0 Å². The van der Waals surface area contributed by atoms with Gasteiger partial charge in [0.2, 0.25) is 0 Å². The molecule has 0 aliphatic carbocycles. The molecule has 3 nitrogen and oxygen atoms in total. The Morgan fingerprint density at radius 2 is 2.14 bits per heavy atom. The summed E-state index contributed by atoms with van der Waals surface area (Å²) in [6.45, 7) is 7.79. The van der Waals surface area contributed by atoms with Gasteiger partial charge in [-0.3, -0.25) is 0 Å². The fourth-order valence-corrected chi connectivity index (χ4v) is 4.07. The van der Waals surface area contributed by atoms with Crippen LogP contribution in [-0.4, -0.2) is 35.8 Å². The molecule has 21 heavy (non-hydrogen) atoms. The van der Waals surface area contributed by atoms with Crippen LogP contribution in [0.4, 0.5) is 0 Å².